The molecule has 0 bridgehead atoms. The molecule has 4 heteroatoms. The largest absolute Gasteiger partial charge is 0.454 e. The Hall–Kier alpha value is -4.75. The normalized spacial score (nSPS) is 11.7. The number of nitriles is 1. The molecule has 0 spiro atoms. The number of fused-ring (bicyclic) bond motifs is 3. The highest BCUT2D eigenvalue weighted by molar-refractivity contribution is 6.15. The molecule has 4 aromatic carbocycles. The Labute approximate surface area is 233 Å². The second kappa shape index (κ2) is 9.47. The van der Waals surface area contributed by atoms with Gasteiger partial charge in [-0.1, -0.05) is 81.4 Å². The molecule has 2 heterocycles. The summed E-state index contributed by atoms with van der Waals surface area (Å²) in [6.07, 6.45) is 1.54. The lowest BCUT2D eigenvalue weighted by molar-refractivity contribution is -0.662. The van der Waals surface area contributed by atoms with Gasteiger partial charge < -0.3 is 4.42 Å². The van der Waals surface area contributed by atoms with Gasteiger partial charge in [0, 0.05) is 28.0 Å². The maximum absolute atomic E-state index is 15.0. The van der Waals surface area contributed by atoms with Crippen LogP contribution in [-0.4, -0.2) is 0 Å². The molecular weight excluding hydrogens is 495 g/mol. The first-order valence-electron chi connectivity index (χ1n) is 13.4. The molecule has 0 saturated carbocycles. The number of aryl methyl sites for hydroxylation is 2. The van der Waals surface area contributed by atoms with Crippen molar-refractivity contribution in [2.75, 3.05) is 0 Å². The maximum atomic E-state index is 15.0. The smallest absolute Gasteiger partial charge is 0.216 e. The van der Waals surface area contributed by atoms with Crippen LogP contribution in [0.2, 0.25) is 0 Å². The van der Waals surface area contributed by atoms with E-state index in [1.54, 1.807) is 0 Å². The predicted molar refractivity (Wildman–Crippen MR) is 159 cm³/mol. The quantitative estimate of drug-likeness (QED) is 0.216. The maximum Gasteiger partial charge on any atom is 0.216 e. The Balaban J connectivity index is 1.66. The van der Waals surface area contributed by atoms with Gasteiger partial charge in [0.05, 0.1) is 17.2 Å². The Morgan fingerprint density at radius 3 is 2.27 bits per heavy atom. The number of aromatic nitrogens is 1. The van der Waals surface area contributed by atoms with Gasteiger partial charge in [-0.15, -0.1) is 0 Å². The van der Waals surface area contributed by atoms with E-state index < -0.39 is 0 Å². The summed E-state index contributed by atoms with van der Waals surface area (Å²) in [5.74, 6) is -0.236. The molecule has 0 aliphatic heterocycles. The summed E-state index contributed by atoms with van der Waals surface area (Å²) in [4.78, 5) is 0. The highest BCUT2D eigenvalue weighted by Gasteiger charge is 2.28. The second-order valence-electron chi connectivity index (χ2n) is 11.4. The molecule has 0 atom stereocenters. The van der Waals surface area contributed by atoms with Gasteiger partial charge in [-0.25, -0.2) is 4.39 Å². The van der Waals surface area contributed by atoms with Gasteiger partial charge in [0.25, 0.3) is 0 Å². The first-order chi connectivity index (χ1) is 19.2. The molecule has 0 unspecified atom stereocenters. The Morgan fingerprint density at radius 2 is 1.55 bits per heavy atom. The van der Waals surface area contributed by atoms with Gasteiger partial charge in [-0.3, -0.25) is 0 Å². The third-order valence-corrected chi connectivity index (χ3v) is 7.69. The zero-order valence-electron chi connectivity index (χ0n) is 23.3. The number of benzene rings is 4. The summed E-state index contributed by atoms with van der Waals surface area (Å²) < 4.78 is 23.6. The molecule has 3 nitrogen and oxygen atoms in total. The van der Waals surface area contributed by atoms with E-state index in [0.29, 0.717) is 22.3 Å². The number of pyridine rings is 1. The zero-order chi connectivity index (χ0) is 28.2. The van der Waals surface area contributed by atoms with Crippen molar-refractivity contribution in [3.63, 3.8) is 0 Å². The fraction of sp³-hybridized carbons (Fsp3) is 0.167. The minimum absolute atomic E-state index is 0.236. The van der Waals surface area contributed by atoms with Gasteiger partial charge in [0.1, 0.15) is 18.2 Å². The molecule has 0 amide bonds. The molecule has 0 aliphatic rings. The summed E-state index contributed by atoms with van der Waals surface area (Å²) in [5, 5.41) is 11.7. The van der Waals surface area contributed by atoms with Crippen LogP contribution in [0.4, 0.5) is 4.39 Å². The van der Waals surface area contributed by atoms with Gasteiger partial charge in [0.2, 0.25) is 11.9 Å². The number of hydrogen-bond acceptors (Lipinski definition) is 2. The predicted octanol–water partition coefficient (Wildman–Crippen LogP) is 9.03. The van der Waals surface area contributed by atoms with E-state index in [4.69, 9.17) is 4.42 Å². The highest BCUT2D eigenvalue weighted by atomic mass is 19.1. The van der Waals surface area contributed by atoms with E-state index in [-0.39, 0.29) is 11.2 Å². The molecule has 0 fully saturated rings. The van der Waals surface area contributed by atoms with Crippen molar-refractivity contribution in [1.82, 2.24) is 0 Å². The van der Waals surface area contributed by atoms with Gasteiger partial charge in [-0.05, 0) is 52.8 Å². The van der Waals surface area contributed by atoms with Crippen LogP contribution in [0.1, 0.15) is 37.5 Å². The number of hydrogen-bond donors (Lipinski definition) is 0. The number of nitrogens with zero attached hydrogens (tertiary/aromatic N) is 2. The van der Waals surface area contributed by atoms with Crippen molar-refractivity contribution in [2.24, 2.45) is 7.05 Å². The monoisotopic (exact) mass is 525 g/mol. The Bertz CT molecular complexity index is 1970. The van der Waals surface area contributed by atoms with Crippen LogP contribution >= 0.6 is 0 Å². The van der Waals surface area contributed by atoms with Gasteiger partial charge in [0.15, 0.2) is 5.82 Å². The Morgan fingerprint density at radius 1 is 0.825 bits per heavy atom. The third-order valence-electron chi connectivity index (χ3n) is 7.69. The number of halogens is 1. The molecule has 2 aromatic heterocycles. The molecule has 0 N–H and O–H groups in total. The summed E-state index contributed by atoms with van der Waals surface area (Å²) >= 11 is 0. The van der Waals surface area contributed by atoms with Crippen molar-refractivity contribution in [3.05, 3.63) is 114 Å². The van der Waals surface area contributed by atoms with Crippen LogP contribution in [0.25, 0.3) is 55.4 Å². The van der Waals surface area contributed by atoms with Gasteiger partial charge in [-0.2, -0.15) is 9.83 Å². The average Bonchev–Trinajstić information content (AvgIpc) is 3.32. The summed E-state index contributed by atoms with van der Waals surface area (Å²) in [6.45, 7) is 8.08. The fourth-order valence-corrected chi connectivity index (χ4v) is 5.62. The third kappa shape index (κ3) is 4.15. The zero-order valence-corrected chi connectivity index (χ0v) is 23.3. The molecule has 196 valence electrons. The molecule has 0 radical (unpaired) electrons. The van der Waals surface area contributed by atoms with Crippen LogP contribution < -0.4 is 4.57 Å². The molecular formula is C36H30FN2O+. The average molecular weight is 526 g/mol. The van der Waals surface area contributed by atoms with E-state index in [2.05, 4.69) is 42.5 Å². The van der Waals surface area contributed by atoms with Crippen LogP contribution in [0.5, 0.6) is 0 Å². The molecule has 6 rings (SSSR count). The van der Waals surface area contributed by atoms with E-state index in [9.17, 15) is 5.26 Å². The van der Waals surface area contributed by atoms with Crippen molar-refractivity contribution >= 4 is 21.9 Å². The summed E-state index contributed by atoms with van der Waals surface area (Å²) in [7, 11) is 1.85. The first kappa shape index (κ1) is 25.5. The van der Waals surface area contributed by atoms with Crippen LogP contribution in [-0.2, 0) is 12.5 Å². The van der Waals surface area contributed by atoms with E-state index in [1.165, 1.54) is 6.20 Å². The molecule has 0 aliphatic carbocycles. The summed E-state index contributed by atoms with van der Waals surface area (Å²) in [5.41, 5.74) is 9.15. The van der Waals surface area contributed by atoms with Crippen molar-refractivity contribution in [3.8, 4) is 39.6 Å². The van der Waals surface area contributed by atoms with E-state index >= 15 is 4.39 Å². The lowest BCUT2D eigenvalue weighted by Crippen LogP contribution is -2.33. The minimum atomic E-state index is -0.367. The van der Waals surface area contributed by atoms with Crippen LogP contribution in [0.3, 0.4) is 0 Å². The standard InChI is InChI=1S/C36H30FN2O/c1-22-14-16-28-33-26(20-38)15-17-27(25-13-9-12-24(18-25)23-10-7-6-8-11-23)34(33)40-35(28)32(22)31-19-29(36(2,3)4)30(37)21-39(31)5/h6-19,21H,1-5H3/q+1. The number of furan rings is 1. The Kier molecular flexibility index (Phi) is 6.04. The van der Waals surface area contributed by atoms with E-state index in [1.807, 2.05) is 87.8 Å². The van der Waals surface area contributed by atoms with Crippen molar-refractivity contribution < 1.29 is 13.4 Å². The lowest BCUT2D eigenvalue weighted by atomic mass is 9.86. The van der Waals surface area contributed by atoms with Crippen LogP contribution in [0, 0.1) is 24.1 Å². The SMILES string of the molecule is Cc1ccc2c(oc3c(-c4cccc(-c5ccccc5)c4)ccc(C#N)c32)c1-c1cc(C(C)(C)C)c(F)c[n+]1C. The van der Waals surface area contributed by atoms with E-state index in [0.717, 1.165) is 49.8 Å². The molecule has 40 heavy (non-hydrogen) atoms. The minimum Gasteiger partial charge on any atom is -0.454 e. The molecule has 0 saturated heterocycles. The highest BCUT2D eigenvalue weighted by Crippen LogP contribution is 2.43. The fourth-order valence-electron chi connectivity index (χ4n) is 5.62. The van der Waals surface area contributed by atoms with Crippen molar-refractivity contribution in [2.45, 2.75) is 33.1 Å². The first-order valence-corrected chi connectivity index (χ1v) is 13.4. The van der Waals surface area contributed by atoms with Crippen LogP contribution in [0.15, 0.2) is 95.5 Å². The molecule has 6 aromatic rings. The van der Waals surface area contributed by atoms with Gasteiger partial charge >= 0.3 is 0 Å². The van der Waals surface area contributed by atoms with Crippen molar-refractivity contribution in [1.29, 1.82) is 5.26 Å². The summed E-state index contributed by atoms with van der Waals surface area (Å²) in [6, 6.07) is 30.9. The lowest BCUT2D eigenvalue weighted by Gasteiger charge is -2.19. The second-order valence-corrected chi connectivity index (χ2v) is 11.4. The topological polar surface area (TPSA) is 40.8 Å². The number of rotatable bonds is 3.